The Morgan fingerprint density at radius 2 is 1.86 bits per heavy atom. The van der Waals surface area contributed by atoms with Gasteiger partial charge < -0.3 is 5.73 Å². The maximum atomic E-state index is 13.3. The Labute approximate surface area is 131 Å². The zero-order valence-electron chi connectivity index (χ0n) is 11.4. The summed E-state index contributed by atoms with van der Waals surface area (Å²) in [6.45, 7) is 3.69. The van der Waals surface area contributed by atoms with Crippen LogP contribution in [0.15, 0.2) is 39.7 Å². The summed E-state index contributed by atoms with van der Waals surface area (Å²) in [6, 6.07) is 6.87. The molecular weight excluding hydrogens is 359 g/mol. The Morgan fingerprint density at radius 3 is 2.48 bits per heavy atom. The molecule has 0 saturated heterocycles. The predicted octanol–water partition coefficient (Wildman–Crippen LogP) is 3.59. The highest BCUT2D eigenvalue weighted by Gasteiger charge is 2.20. The van der Waals surface area contributed by atoms with E-state index in [0.717, 1.165) is 23.3 Å². The molecule has 0 atom stereocenters. The average molecular weight is 373 g/mol. The van der Waals surface area contributed by atoms with E-state index in [1.54, 1.807) is 13.0 Å². The number of anilines is 2. The van der Waals surface area contributed by atoms with E-state index in [1.165, 1.54) is 6.07 Å². The quantitative estimate of drug-likeness (QED) is 0.808. The summed E-state index contributed by atoms with van der Waals surface area (Å²) in [5.74, 6) is -0.663. The van der Waals surface area contributed by atoms with Crippen LogP contribution in [0.3, 0.4) is 0 Å². The third-order valence-corrected chi connectivity index (χ3v) is 4.96. The van der Waals surface area contributed by atoms with E-state index in [4.69, 9.17) is 5.73 Å². The normalized spacial score (nSPS) is 11.4. The lowest BCUT2D eigenvalue weighted by Gasteiger charge is -2.14. The second kappa shape index (κ2) is 5.65. The van der Waals surface area contributed by atoms with Crippen LogP contribution in [0.5, 0.6) is 0 Å². The van der Waals surface area contributed by atoms with E-state index < -0.39 is 15.8 Å². The molecular formula is C14H14BrFN2O2S. The second-order valence-electron chi connectivity index (χ2n) is 4.73. The van der Waals surface area contributed by atoms with Crippen LogP contribution in [0.4, 0.5) is 15.8 Å². The number of nitrogens with one attached hydrogen (secondary N) is 1. The van der Waals surface area contributed by atoms with Gasteiger partial charge in [-0.2, -0.15) is 0 Å². The molecule has 0 saturated carbocycles. The topological polar surface area (TPSA) is 72.2 Å². The molecule has 0 spiro atoms. The molecule has 3 N–H and O–H groups in total. The molecule has 2 rings (SSSR count). The van der Waals surface area contributed by atoms with Gasteiger partial charge in [0.05, 0.1) is 11.4 Å². The number of hydrogen-bond donors (Lipinski definition) is 2. The highest BCUT2D eigenvalue weighted by molar-refractivity contribution is 9.10. The van der Waals surface area contributed by atoms with E-state index in [1.807, 2.05) is 13.0 Å². The van der Waals surface area contributed by atoms with Crippen LogP contribution in [-0.2, 0) is 10.0 Å². The molecule has 0 amide bonds. The smallest absolute Gasteiger partial charge is 0.264 e. The number of halogens is 2. The van der Waals surface area contributed by atoms with Crippen molar-refractivity contribution < 1.29 is 12.8 Å². The molecule has 2 aromatic rings. The van der Waals surface area contributed by atoms with Crippen molar-refractivity contribution in [3.8, 4) is 0 Å². The zero-order chi connectivity index (χ0) is 15.8. The highest BCUT2D eigenvalue weighted by atomic mass is 79.9. The molecule has 0 aromatic heterocycles. The molecule has 0 heterocycles. The summed E-state index contributed by atoms with van der Waals surface area (Å²) in [4.78, 5) is -0.283. The highest BCUT2D eigenvalue weighted by Crippen LogP contribution is 2.31. The summed E-state index contributed by atoms with van der Waals surface area (Å²) in [6.07, 6.45) is 0. The monoisotopic (exact) mass is 372 g/mol. The third-order valence-electron chi connectivity index (χ3n) is 2.93. The van der Waals surface area contributed by atoms with Crippen molar-refractivity contribution in [1.29, 1.82) is 0 Å². The van der Waals surface area contributed by atoms with Crippen molar-refractivity contribution >= 4 is 37.3 Å². The third kappa shape index (κ3) is 3.36. The first kappa shape index (κ1) is 15.8. The lowest BCUT2D eigenvalue weighted by atomic mass is 10.1. The van der Waals surface area contributed by atoms with Gasteiger partial charge in [0.25, 0.3) is 10.0 Å². The van der Waals surface area contributed by atoms with Crippen LogP contribution in [0, 0.1) is 19.7 Å². The number of aryl methyl sites for hydroxylation is 2. The first-order valence-corrected chi connectivity index (χ1v) is 8.33. The Hall–Kier alpha value is -1.60. The number of sulfonamides is 1. The molecule has 0 radical (unpaired) electrons. The van der Waals surface area contributed by atoms with E-state index in [0.29, 0.717) is 10.2 Å². The summed E-state index contributed by atoms with van der Waals surface area (Å²) < 4.78 is 41.1. The summed E-state index contributed by atoms with van der Waals surface area (Å²) in [5, 5.41) is 0. The van der Waals surface area contributed by atoms with E-state index in [2.05, 4.69) is 20.7 Å². The standard InChI is InChI=1S/C14H14BrFN2O2S/c1-8-5-9(2)14(11(15)6-8)18-21(19,20)13-7-10(16)3-4-12(13)17/h3-7,18H,17H2,1-2H3. The van der Waals surface area contributed by atoms with Crippen LogP contribution in [-0.4, -0.2) is 8.42 Å². The van der Waals surface area contributed by atoms with Crippen molar-refractivity contribution in [3.63, 3.8) is 0 Å². The van der Waals surface area contributed by atoms with Gasteiger partial charge in [0, 0.05) is 4.47 Å². The van der Waals surface area contributed by atoms with E-state index in [9.17, 15) is 12.8 Å². The van der Waals surface area contributed by atoms with Crippen molar-refractivity contribution in [1.82, 2.24) is 0 Å². The molecule has 0 aliphatic carbocycles. The first-order chi connectivity index (χ1) is 9.70. The second-order valence-corrected chi connectivity index (χ2v) is 7.23. The van der Waals surface area contributed by atoms with Crippen LogP contribution >= 0.6 is 15.9 Å². The number of rotatable bonds is 3. The molecule has 2 aromatic carbocycles. The molecule has 21 heavy (non-hydrogen) atoms. The Morgan fingerprint density at radius 1 is 1.19 bits per heavy atom. The van der Waals surface area contributed by atoms with Crippen LogP contribution in [0.1, 0.15) is 11.1 Å². The number of benzene rings is 2. The van der Waals surface area contributed by atoms with Crippen LogP contribution in [0.25, 0.3) is 0 Å². The number of hydrogen-bond acceptors (Lipinski definition) is 3. The van der Waals surface area contributed by atoms with Gasteiger partial charge in [-0.15, -0.1) is 0 Å². The molecule has 0 aliphatic rings. The van der Waals surface area contributed by atoms with Crippen molar-refractivity contribution in [3.05, 3.63) is 51.7 Å². The Balaban J connectivity index is 2.50. The van der Waals surface area contributed by atoms with Gasteiger partial charge in [-0.25, -0.2) is 12.8 Å². The SMILES string of the molecule is Cc1cc(C)c(NS(=O)(=O)c2cc(F)ccc2N)c(Br)c1. The molecule has 0 bridgehead atoms. The molecule has 0 unspecified atom stereocenters. The fourth-order valence-electron chi connectivity index (χ4n) is 1.98. The van der Waals surface area contributed by atoms with Gasteiger partial charge in [0.2, 0.25) is 0 Å². The van der Waals surface area contributed by atoms with Crippen molar-refractivity contribution in [2.45, 2.75) is 18.7 Å². The minimum atomic E-state index is -3.97. The molecule has 7 heteroatoms. The van der Waals surface area contributed by atoms with Crippen molar-refractivity contribution in [2.75, 3.05) is 10.5 Å². The summed E-state index contributed by atoms with van der Waals surface area (Å²) >= 11 is 3.32. The zero-order valence-corrected chi connectivity index (χ0v) is 13.8. The minimum absolute atomic E-state index is 0.00946. The lowest BCUT2D eigenvalue weighted by molar-refractivity contribution is 0.596. The van der Waals surface area contributed by atoms with Gasteiger partial charge in [-0.05, 0) is 65.2 Å². The summed E-state index contributed by atoms with van der Waals surface area (Å²) in [7, 11) is -3.97. The Bertz CT molecular complexity index is 784. The van der Waals surface area contributed by atoms with Crippen LogP contribution < -0.4 is 10.5 Å². The molecule has 0 fully saturated rings. The number of nitrogens with two attached hydrogens (primary N) is 1. The fourth-order valence-corrected chi connectivity index (χ4v) is 4.18. The van der Waals surface area contributed by atoms with E-state index >= 15 is 0 Å². The number of nitrogen functional groups attached to an aromatic ring is 1. The van der Waals surface area contributed by atoms with Crippen LogP contribution in [0.2, 0.25) is 0 Å². The predicted molar refractivity (Wildman–Crippen MR) is 85.2 cm³/mol. The van der Waals surface area contributed by atoms with E-state index in [-0.39, 0.29) is 10.6 Å². The maximum Gasteiger partial charge on any atom is 0.264 e. The first-order valence-electron chi connectivity index (χ1n) is 6.05. The molecule has 4 nitrogen and oxygen atoms in total. The Kier molecular flexibility index (Phi) is 4.25. The molecule has 112 valence electrons. The summed E-state index contributed by atoms with van der Waals surface area (Å²) in [5.41, 5.74) is 7.77. The van der Waals surface area contributed by atoms with Crippen molar-refractivity contribution in [2.24, 2.45) is 0 Å². The average Bonchev–Trinajstić information content (AvgIpc) is 2.36. The maximum absolute atomic E-state index is 13.3. The minimum Gasteiger partial charge on any atom is -0.398 e. The van der Waals surface area contributed by atoms with Gasteiger partial charge in [0.15, 0.2) is 0 Å². The largest absolute Gasteiger partial charge is 0.398 e. The van der Waals surface area contributed by atoms with Gasteiger partial charge >= 0.3 is 0 Å². The molecule has 0 aliphatic heterocycles. The van der Waals surface area contributed by atoms with Gasteiger partial charge in [-0.3, -0.25) is 4.72 Å². The van der Waals surface area contributed by atoms with Gasteiger partial charge in [0.1, 0.15) is 10.7 Å². The fraction of sp³-hybridized carbons (Fsp3) is 0.143. The lowest BCUT2D eigenvalue weighted by Crippen LogP contribution is -2.16. The van der Waals surface area contributed by atoms with Gasteiger partial charge in [-0.1, -0.05) is 6.07 Å².